The molecule has 1 saturated heterocycles. The number of carbonyl (C=O) groups excluding carboxylic acids is 1. The van der Waals surface area contributed by atoms with Crippen molar-refractivity contribution in [2.24, 2.45) is 0 Å². The molecule has 0 atom stereocenters. The Kier molecular flexibility index (Phi) is 7.32. The van der Waals surface area contributed by atoms with Gasteiger partial charge >= 0.3 is 0 Å². The van der Waals surface area contributed by atoms with E-state index in [1.165, 1.54) is 17.3 Å². The fraction of sp³-hybridized carbons (Fsp3) is 0.429. The average Bonchev–Trinajstić information content (AvgIpc) is 3.32. The zero-order valence-corrected chi connectivity index (χ0v) is 23.9. The maximum absolute atomic E-state index is 12.7. The molecule has 11 heteroatoms. The molecule has 3 aromatic heterocycles. The van der Waals surface area contributed by atoms with Crippen molar-refractivity contribution >= 4 is 60.9 Å². The van der Waals surface area contributed by atoms with E-state index < -0.39 is 0 Å². The number of ether oxygens (including phenoxy) is 3. The summed E-state index contributed by atoms with van der Waals surface area (Å²) in [4.78, 5) is 30.4. The van der Waals surface area contributed by atoms with Gasteiger partial charge < -0.3 is 24.4 Å². The van der Waals surface area contributed by atoms with Crippen LogP contribution in [0.2, 0.25) is 0 Å². The highest BCUT2D eigenvalue weighted by molar-refractivity contribution is 8.00. The maximum Gasteiger partial charge on any atom is 0.234 e. The van der Waals surface area contributed by atoms with E-state index in [1.54, 1.807) is 17.7 Å². The van der Waals surface area contributed by atoms with E-state index in [4.69, 9.17) is 24.2 Å². The number of fused-ring (bicyclic) bond motifs is 5. The number of nitrogens with zero attached hydrogens (tertiary/aromatic N) is 4. The second-order valence-electron chi connectivity index (χ2n) is 10.2. The summed E-state index contributed by atoms with van der Waals surface area (Å²) >= 11 is 3.02. The van der Waals surface area contributed by atoms with Crippen molar-refractivity contribution in [1.29, 1.82) is 0 Å². The molecule has 0 radical (unpaired) electrons. The van der Waals surface area contributed by atoms with Gasteiger partial charge in [0.05, 0.1) is 48.0 Å². The summed E-state index contributed by atoms with van der Waals surface area (Å²) in [5.74, 6) is 1.90. The number of amides is 1. The van der Waals surface area contributed by atoms with E-state index in [2.05, 4.69) is 29.0 Å². The second-order valence-corrected chi connectivity index (χ2v) is 12.1. The first-order valence-electron chi connectivity index (χ1n) is 13.1. The number of hydrogen-bond acceptors (Lipinski definition) is 10. The molecule has 1 fully saturated rings. The molecule has 5 heterocycles. The highest BCUT2D eigenvalue weighted by Crippen LogP contribution is 2.44. The van der Waals surface area contributed by atoms with Crippen LogP contribution in [-0.2, 0) is 27.3 Å². The fourth-order valence-corrected chi connectivity index (χ4v) is 7.07. The van der Waals surface area contributed by atoms with Crippen molar-refractivity contribution in [3.05, 3.63) is 41.7 Å². The molecule has 0 spiro atoms. The molecule has 4 aromatic rings. The van der Waals surface area contributed by atoms with E-state index in [0.717, 1.165) is 67.8 Å². The van der Waals surface area contributed by atoms with Gasteiger partial charge in [0.2, 0.25) is 5.91 Å². The van der Waals surface area contributed by atoms with Crippen molar-refractivity contribution in [2.45, 2.75) is 44.4 Å². The molecule has 2 aliphatic heterocycles. The molecule has 39 heavy (non-hydrogen) atoms. The smallest absolute Gasteiger partial charge is 0.234 e. The van der Waals surface area contributed by atoms with E-state index in [-0.39, 0.29) is 17.3 Å². The topological polar surface area (TPSA) is 98.7 Å². The minimum absolute atomic E-state index is 0.0963. The van der Waals surface area contributed by atoms with Crippen LogP contribution in [0, 0.1) is 0 Å². The van der Waals surface area contributed by atoms with Crippen molar-refractivity contribution in [3.63, 3.8) is 0 Å². The lowest BCUT2D eigenvalue weighted by molar-refractivity contribution is -0.113. The van der Waals surface area contributed by atoms with Crippen LogP contribution in [0.5, 0.6) is 5.75 Å². The Morgan fingerprint density at radius 1 is 1.18 bits per heavy atom. The zero-order chi connectivity index (χ0) is 27.0. The van der Waals surface area contributed by atoms with Gasteiger partial charge in [-0.3, -0.25) is 4.79 Å². The number of carbonyl (C=O) groups is 1. The minimum atomic E-state index is -0.276. The fourth-order valence-electron chi connectivity index (χ4n) is 5.04. The largest absolute Gasteiger partial charge is 0.494 e. The van der Waals surface area contributed by atoms with E-state index in [0.29, 0.717) is 26.4 Å². The van der Waals surface area contributed by atoms with Gasteiger partial charge in [0.25, 0.3) is 0 Å². The quantitative estimate of drug-likeness (QED) is 0.244. The highest BCUT2D eigenvalue weighted by atomic mass is 32.2. The number of aromatic nitrogens is 3. The number of thioether (sulfide) groups is 1. The highest BCUT2D eigenvalue weighted by Gasteiger charge is 2.33. The number of benzene rings is 1. The lowest BCUT2D eigenvalue weighted by Crippen LogP contribution is -2.39. The molecule has 0 bridgehead atoms. The summed E-state index contributed by atoms with van der Waals surface area (Å²) in [5.41, 5.74) is 3.75. The molecule has 9 nitrogen and oxygen atoms in total. The van der Waals surface area contributed by atoms with Crippen molar-refractivity contribution in [3.8, 4) is 5.75 Å². The normalized spacial score (nSPS) is 16.8. The van der Waals surface area contributed by atoms with E-state index in [9.17, 15) is 4.79 Å². The van der Waals surface area contributed by atoms with Crippen molar-refractivity contribution < 1.29 is 19.0 Å². The first-order valence-corrected chi connectivity index (χ1v) is 14.9. The average molecular weight is 566 g/mol. The second kappa shape index (κ2) is 10.9. The molecule has 1 amide bonds. The Bertz CT molecular complexity index is 1520. The molecule has 0 aliphatic carbocycles. The summed E-state index contributed by atoms with van der Waals surface area (Å²) in [6.07, 6.45) is 2.37. The number of anilines is 2. The van der Waals surface area contributed by atoms with Gasteiger partial charge in [-0.05, 0) is 50.6 Å². The summed E-state index contributed by atoms with van der Waals surface area (Å²) in [5, 5.41) is 4.83. The molecule has 6 rings (SSSR count). The van der Waals surface area contributed by atoms with Crippen LogP contribution in [0.25, 0.3) is 20.4 Å². The molecule has 0 unspecified atom stereocenters. The van der Waals surface area contributed by atoms with Gasteiger partial charge in [0.15, 0.2) is 0 Å². The summed E-state index contributed by atoms with van der Waals surface area (Å²) < 4.78 is 18.3. The lowest BCUT2D eigenvalue weighted by atomic mass is 9.90. The van der Waals surface area contributed by atoms with Gasteiger partial charge in [-0.25, -0.2) is 15.0 Å². The first-order chi connectivity index (χ1) is 18.9. The number of nitrogens with one attached hydrogen (secondary N) is 1. The molecule has 0 saturated carbocycles. The zero-order valence-electron chi connectivity index (χ0n) is 22.3. The van der Waals surface area contributed by atoms with Gasteiger partial charge in [0, 0.05) is 36.1 Å². The molecular weight excluding hydrogens is 534 g/mol. The van der Waals surface area contributed by atoms with E-state index >= 15 is 0 Å². The number of hydrogen-bond donors (Lipinski definition) is 1. The van der Waals surface area contributed by atoms with E-state index in [1.807, 2.05) is 31.2 Å². The SMILES string of the molecule is CCOc1ccc(NC(=O)CSc2ncnc3c2sc2nc(N4CCOCC4)c4c(c23)CC(C)(C)OC4)cc1. The van der Waals surface area contributed by atoms with Gasteiger partial charge in [-0.1, -0.05) is 11.8 Å². The minimum Gasteiger partial charge on any atom is -0.494 e. The van der Waals surface area contributed by atoms with Crippen LogP contribution >= 0.6 is 23.1 Å². The summed E-state index contributed by atoms with van der Waals surface area (Å²) in [6, 6.07) is 7.38. The van der Waals surface area contributed by atoms with Crippen LogP contribution < -0.4 is 15.0 Å². The van der Waals surface area contributed by atoms with Crippen LogP contribution in [-0.4, -0.2) is 65.1 Å². The molecular formula is C28H31N5O4S2. The standard InChI is InChI=1S/C28H31N5O4S2/c1-4-36-18-7-5-17(6-8-18)31-21(34)15-38-27-24-23(29-16-30-27)22-19-13-28(2,3)37-14-20(19)25(32-26(22)39-24)33-9-11-35-12-10-33/h5-8,16H,4,9-15H2,1-3H3,(H,31,34). The number of pyridine rings is 1. The van der Waals surface area contributed by atoms with Crippen molar-refractivity contribution in [1.82, 2.24) is 15.0 Å². The maximum atomic E-state index is 12.7. The predicted molar refractivity (Wildman–Crippen MR) is 155 cm³/mol. The van der Waals surface area contributed by atoms with Gasteiger partial charge in [-0.2, -0.15) is 0 Å². The lowest BCUT2D eigenvalue weighted by Gasteiger charge is -2.36. The Morgan fingerprint density at radius 3 is 2.74 bits per heavy atom. The molecule has 1 N–H and O–H groups in total. The Balaban J connectivity index is 1.31. The summed E-state index contributed by atoms with van der Waals surface area (Å²) in [7, 11) is 0. The van der Waals surface area contributed by atoms with Gasteiger partial charge in [0.1, 0.15) is 27.8 Å². The Labute approximate surface area is 235 Å². The third kappa shape index (κ3) is 5.41. The number of morpholine rings is 1. The van der Waals surface area contributed by atoms with Crippen LogP contribution in [0.4, 0.5) is 11.5 Å². The number of thiophene rings is 1. The first kappa shape index (κ1) is 26.2. The Hall–Kier alpha value is -2.99. The monoisotopic (exact) mass is 565 g/mol. The third-order valence-electron chi connectivity index (χ3n) is 6.87. The molecule has 2 aliphatic rings. The Morgan fingerprint density at radius 2 is 1.97 bits per heavy atom. The number of rotatable bonds is 7. The van der Waals surface area contributed by atoms with Crippen LogP contribution in [0.15, 0.2) is 35.6 Å². The molecule has 1 aromatic carbocycles. The van der Waals surface area contributed by atoms with Crippen LogP contribution in [0.1, 0.15) is 31.9 Å². The predicted octanol–water partition coefficient (Wildman–Crippen LogP) is 5.06. The molecule has 204 valence electrons. The van der Waals surface area contributed by atoms with Crippen molar-refractivity contribution in [2.75, 3.05) is 48.9 Å². The summed E-state index contributed by atoms with van der Waals surface area (Å²) in [6.45, 7) is 10.3. The van der Waals surface area contributed by atoms with Crippen LogP contribution in [0.3, 0.4) is 0 Å². The third-order valence-corrected chi connectivity index (χ3v) is 9.07. The van der Waals surface area contributed by atoms with Gasteiger partial charge in [-0.15, -0.1) is 11.3 Å².